The number of halogens is 1. The van der Waals surface area contributed by atoms with Gasteiger partial charge in [-0.05, 0) is 49.4 Å². The first-order valence-electron chi connectivity index (χ1n) is 9.34. The molecule has 142 valence electrons. The Hall–Kier alpha value is -2.54. The predicted molar refractivity (Wildman–Crippen MR) is 100 cm³/mol. The summed E-state index contributed by atoms with van der Waals surface area (Å²) in [7, 11) is 0. The monoisotopic (exact) mass is 370 g/mol. The minimum absolute atomic E-state index is 0.152. The molecule has 1 fully saturated rings. The Morgan fingerprint density at radius 2 is 2.15 bits per heavy atom. The number of nitrogens with zero attached hydrogens (tertiary/aromatic N) is 3. The van der Waals surface area contributed by atoms with Crippen molar-refractivity contribution in [2.45, 2.75) is 26.2 Å². The lowest BCUT2D eigenvalue weighted by atomic mass is 9.86. The van der Waals surface area contributed by atoms with Gasteiger partial charge in [0.2, 0.25) is 11.9 Å². The minimum Gasteiger partial charge on any atom is -0.378 e. The highest BCUT2D eigenvalue weighted by atomic mass is 19.1. The zero-order chi connectivity index (χ0) is 18.8. The van der Waals surface area contributed by atoms with E-state index in [-0.39, 0.29) is 17.5 Å². The maximum absolute atomic E-state index is 14.0. The van der Waals surface area contributed by atoms with E-state index in [1.165, 1.54) is 6.07 Å². The fraction of sp³-hybridized carbons (Fsp3) is 0.450. The number of carbonyl (C=O) groups is 1. The molecule has 1 unspecified atom stereocenters. The number of aromatic nitrogens is 2. The summed E-state index contributed by atoms with van der Waals surface area (Å²) in [6.45, 7) is 4.80. The first-order chi connectivity index (χ1) is 13.1. The van der Waals surface area contributed by atoms with Crippen LogP contribution in [0.4, 0.5) is 16.0 Å². The third-order valence-corrected chi connectivity index (χ3v) is 5.18. The van der Waals surface area contributed by atoms with E-state index >= 15 is 0 Å². The zero-order valence-electron chi connectivity index (χ0n) is 15.4. The molecule has 1 aromatic carbocycles. The van der Waals surface area contributed by atoms with Gasteiger partial charge in [0.1, 0.15) is 5.82 Å². The van der Waals surface area contributed by atoms with E-state index in [0.717, 1.165) is 42.3 Å². The van der Waals surface area contributed by atoms with Crippen LogP contribution in [0.15, 0.2) is 24.4 Å². The summed E-state index contributed by atoms with van der Waals surface area (Å²) in [6, 6.07) is 4.82. The van der Waals surface area contributed by atoms with E-state index in [2.05, 4.69) is 15.2 Å². The standard InChI is InChI=1S/C20H23FN4O2/c1-13-2-4-18(16(21)10-13)23-19(26)14-3-5-17-15(11-14)12-22-20(24-17)25-6-8-27-9-7-25/h2,4,10,12,14H,3,5-9,11H2,1H3,(H,23,26). The van der Waals surface area contributed by atoms with Gasteiger partial charge < -0.3 is 15.0 Å². The third-order valence-electron chi connectivity index (χ3n) is 5.18. The first-order valence-corrected chi connectivity index (χ1v) is 9.34. The average Bonchev–Trinajstić information content (AvgIpc) is 2.70. The molecule has 1 N–H and O–H groups in total. The number of hydrogen-bond donors (Lipinski definition) is 1. The second kappa shape index (κ2) is 7.60. The quantitative estimate of drug-likeness (QED) is 0.899. The number of fused-ring (bicyclic) bond motifs is 1. The molecule has 0 radical (unpaired) electrons. The molecular weight excluding hydrogens is 347 g/mol. The molecule has 2 aromatic rings. The van der Waals surface area contributed by atoms with Crippen LogP contribution in [0.5, 0.6) is 0 Å². The van der Waals surface area contributed by atoms with Crippen molar-refractivity contribution < 1.29 is 13.9 Å². The first kappa shape index (κ1) is 17.9. The maximum Gasteiger partial charge on any atom is 0.227 e. The van der Waals surface area contributed by atoms with Crippen LogP contribution in [0.25, 0.3) is 0 Å². The van der Waals surface area contributed by atoms with Crippen LogP contribution in [-0.4, -0.2) is 42.2 Å². The second-order valence-corrected chi connectivity index (χ2v) is 7.15. The van der Waals surface area contributed by atoms with Crippen molar-refractivity contribution in [1.29, 1.82) is 0 Å². The molecule has 7 heteroatoms. The Balaban J connectivity index is 1.44. The highest BCUT2D eigenvalue weighted by Gasteiger charge is 2.27. The SMILES string of the molecule is Cc1ccc(NC(=O)C2CCc3nc(N4CCOCC4)ncc3C2)c(F)c1. The van der Waals surface area contributed by atoms with Crippen LogP contribution in [0.2, 0.25) is 0 Å². The van der Waals surface area contributed by atoms with Crippen molar-refractivity contribution in [3.63, 3.8) is 0 Å². The van der Waals surface area contributed by atoms with Crippen LogP contribution in [-0.2, 0) is 22.4 Å². The summed E-state index contributed by atoms with van der Waals surface area (Å²) < 4.78 is 19.4. The van der Waals surface area contributed by atoms with Gasteiger partial charge in [0.15, 0.2) is 0 Å². The predicted octanol–water partition coefficient (Wildman–Crippen LogP) is 2.50. The van der Waals surface area contributed by atoms with E-state index in [0.29, 0.717) is 26.1 Å². The second-order valence-electron chi connectivity index (χ2n) is 7.15. The van der Waals surface area contributed by atoms with Gasteiger partial charge in [0, 0.05) is 30.9 Å². The van der Waals surface area contributed by atoms with Gasteiger partial charge in [-0.1, -0.05) is 6.07 Å². The molecule has 1 aliphatic heterocycles. The smallest absolute Gasteiger partial charge is 0.227 e. The van der Waals surface area contributed by atoms with Crippen LogP contribution in [0, 0.1) is 18.7 Å². The van der Waals surface area contributed by atoms with Gasteiger partial charge in [0.05, 0.1) is 18.9 Å². The number of benzene rings is 1. The van der Waals surface area contributed by atoms with Gasteiger partial charge in [-0.15, -0.1) is 0 Å². The number of aryl methyl sites for hydroxylation is 2. The van der Waals surface area contributed by atoms with Crippen molar-refractivity contribution in [1.82, 2.24) is 9.97 Å². The fourth-order valence-electron chi connectivity index (χ4n) is 3.59. The highest BCUT2D eigenvalue weighted by molar-refractivity contribution is 5.93. The maximum atomic E-state index is 14.0. The van der Waals surface area contributed by atoms with E-state index < -0.39 is 5.82 Å². The molecular formula is C20H23FN4O2. The molecule has 1 amide bonds. The Bertz CT molecular complexity index is 852. The number of amides is 1. The lowest BCUT2D eigenvalue weighted by Crippen LogP contribution is -2.38. The summed E-state index contributed by atoms with van der Waals surface area (Å²) >= 11 is 0. The Labute approximate surface area is 157 Å². The van der Waals surface area contributed by atoms with Gasteiger partial charge >= 0.3 is 0 Å². The number of hydrogen-bond acceptors (Lipinski definition) is 5. The van der Waals surface area contributed by atoms with Crippen molar-refractivity contribution in [2.24, 2.45) is 5.92 Å². The van der Waals surface area contributed by atoms with Gasteiger partial charge in [-0.3, -0.25) is 4.79 Å². The summed E-state index contributed by atoms with van der Waals surface area (Å²) in [5, 5.41) is 2.72. The van der Waals surface area contributed by atoms with Crippen molar-refractivity contribution in [3.05, 3.63) is 47.0 Å². The number of carbonyl (C=O) groups excluding carboxylic acids is 1. The Morgan fingerprint density at radius 1 is 1.33 bits per heavy atom. The lowest BCUT2D eigenvalue weighted by Gasteiger charge is -2.28. The van der Waals surface area contributed by atoms with Crippen molar-refractivity contribution in [3.8, 4) is 0 Å². The molecule has 6 nitrogen and oxygen atoms in total. The van der Waals surface area contributed by atoms with Gasteiger partial charge in [0.25, 0.3) is 0 Å². The molecule has 0 spiro atoms. The summed E-state index contributed by atoms with van der Waals surface area (Å²) in [6.07, 6.45) is 3.84. The number of anilines is 2. The number of rotatable bonds is 3. The molecule has 0 bridgehead atoms. The lowest BCUT2D eigenvalue weighted by molar-refractivity contribution is -0.120. The molecule has 1 aromatic heterocycles. The third kappa shape index (κ3) is 3.93. The van der Waals surface area contributed by atoms with Crippen molar-refractivity contribution in [2.75, 3.05) is 36.5 Å². The Kier molecular flexibility index (Phi) is 5.03. The van der Waals surface area contributed by atoms with Gasteiger partial charge in [-0.2, -0.15) is 0 Å². The fourth-order valence-corrected chi connectivity index (χ4v) is 3.59. The van der Waals surface area contributed by atoms with Crippen LogP contribution in [0.3, 0.4) is 0 Å². The van der Waals surface area contributed by atoms with Gasteiger partial charge in [-0.25, -0.2) is 14.4 Å². The molecule has 1 saturated heterocycles. The average molecular weight is 370 g/mol. The molecule has 1 aliphatic carbocycles. The van der Waals surface area contributed by atoms with E-state index in [1.807, 2.05) is 13.1 Å². The molecule has 2 aliphatic rings. The molecule has 0 saturated carbocycles. The van der Waals surface area contributed by atoms with E-state index in [1.54, 1.807) is 12.1 Å². The topological polar surface area (TPSA) is 67.4 Å². The summed E-state index contributed by atoms with van der Waals surface area (Å²) in [5.41, 5.74) is 3.07. The molecule has 4 rings (SSSR count). The molecule has 1 atom stereocenters. The summed E-state index contributed by atoms with van der Waals surface area (Å²) in [4.78, 5) is 23.9. The molecule has 27 heavy (non-hydrogen) atoms. The molecule has 2 heterocycles. The number of ether oxygens (including phenoxy) is 1. The highest BCUT2D eigenvalue weighted by Crippen LogP contribution is 2.27. The zero-order valence-corrected chi connectivity index (χ0v) is 15.4. The van der Waals surface area contributed by atoms with Crippen LogP contribution < -0.4 is 10.2 Å². The largest absolute Gasteiger partial charge is 0.378 e. The van der Waals surface area contributed by atoms with Crippen LogP contribution in [0.1, 0.15) is 23.2 Å². The van der Waals surface area contributed by atoms with Crippen molar-refractivity contribution >= 4 is 17.5 Å². The Morgan fingerprint density at radius 3 is 2.93 bits per heavy atom. The van der Waals surface area contributed by atoms with E-state index in [9.17, 15) is 9.18 Å². The normalized spacial score (nSPS) is 19.5. The van der Waals surface area contributed by atoms with E-state index in [4.69, 9.17) is 9.72 Å². The minimum atomic E-state index is -0.405. The number of nitrogens with one attached hydrogen (secondary N) is 1. The van der Waals surface area contributed by atoms with Crippen LogP contribution >= 0.6 is 0 Å². The summed E-state index contributed by atoms with van der Waals surface area (Å²) in [5.74, 6) is -0.0172. The number of morpholine rings is 1.